The molecule has 0 spiro atoms. The van der Waals surface area contributed by atoms with E-state index in [1.54, 1.807) is 0 Å². The molecule has 1 rings (SSSR count). The minimum absolute atomic E-state index is 0.442. The molecule has 1 aromatic carbocycles. The summed E-state index contributed by atoms with van der Waals surface area (Å²) in [6.07, 6.45) is 3.40. The number of allylic oxidation sites excluding steroid dienone is 1. The molecule has 1 aromatic rings. The first-order chi connectivity index (χ1) is 7.24. The van der Waals surface area contributed by atoms with Crippen LogP contribution in [0.3, 0.4) is 0 Å². The second-order valence-electron chi connectivity index (χ2n) is 3.62. The summed E-state index contributed by atoms with van der Waals surface area (Å²) in [7, 11) is 0. The number of aryl methyl sites for hydroxylation is 2. The van der Waals surface area contributed by atoms with E-state index in [9.17, 15) is 4.79 Å². The Kier molecular flexibility index (Phi) is 4.61. The highest BCUT2D eigenvalue weighted by molar-refractivity contribution is 5.38. The van der Waals surface area contributed by atoms with Gasteiger partial charge in [-0.25, -0.2) is 0 Å². The predicted molar refractivity (Wildman–Crippen MR) is 60.4 cm³/mol. The maximum Gasteiger partial charge on any atom is 0.297 e. The molecule has 2 heteroatoms. The third kappa shape index (κ3) is 3.98. The van der Waals surface area contributed by atoms with Crippen molar-refractivity contribution in [3.63, 3.8) is 0 Å². The van der Waals surface area contributed by atoms with Gasteiger partial charge in [0, 0.05) is 0 Å². The zero-order valence-corrected chi connectivity index (χ0v) is 9.19. The van der Waals surface area contributed by atoms with Gasteiger partial charge < -0.3 is 4.74 Å². The maximum atomic E-state index is 9.97. The molecule has 0 fully saturated rings. The number of benzene rings is 1. The van der Waals surface area contributed by atoms with E-state index in [0.29, 0.717) is 6.47 Å². The summed E-state index contributed by atoms with van der Waals surface area (Å²) in [6, 6.07) is 8.32. The number of hydrogen-bond acceptors (Lipinski definition) is 2. The zero-order valence-electron chi connectivity index (χ0n) is 9.19. The van der Waals surface area contributed by atoms with Crippen molar-refractivity contribution in [2.24, 2.45) is 0 Å². The second kappa shape index (κ2) is 6.02. The molecule has 80 valence electrons. The molecule has 0 heterocycles. The maximum absolute atomic E-state index is 9.97. The number of hydrogen-bond donors (Lipinski definition) is 0. The molecule has 0 aromatic heterocycles. The van der Waals surface area contributed by atoms with E-state index in [0.717, 1.165) is 18.4 Å². The molecular formula is C13H16O2. The Hall–Kier alpha value is -1.57. The average Bonchev–Trinajstić information content (AvgIpc) is 2.25. The molecule has 0 unspecified atom stereocenters. The molecular weight excluding hydrogens is 188 g/mol. The number of rotatable bonds is 5. The van der Waals surface area contributed by atoms with Crippen molar-refractivity contribution in [2.45, 2.75) is 26.7 Å². The fraction of sp³-hybridized carbons (Fsp3) is 0.308. The highest BCUT2D eigenvalue weighted by Crippen LogP contribution is 2.12. The molecule has 0 saturated heterocycles. The highest BCUT2D eigenvalue weighted by atomic mass is 16.5. The van der Waals surface area contributed by atoms with Crippen molar-refractivity contribution < 1.29 is 9.53 Å². The molecule has 15 heavy (non-hydrogen) atoms. The average molecular weight is 204 g/mol. The van der Waals surface area contributed by atoms with Crippen LogP contribution in [0.25, 0.3) is 0 Å². The predicted octanol–water partition coefficient (Wildman–Crippen LogP) is 3.00. The van der Waals surface area contributed by atoms with Crippen LogP contribution in [0.15, 0.2) is 36.1 Å². The highest BCUT2D eigenvalue weighted by Gasteiger charge is 1.97. The molecule has 0 bridgehead atoms. The summed E-state index contributed by atoms with van der Waals surface area (Å²) in [5.74, 6) is 0. The van der Waals surface area contributed by atoms with Crippen molar-refractivity contribution >= 4 is 6.47 Å². The summed E-state index contributed by atoms with van der Waals surface area (Å²) in [5.41, 5.74) is 3.73. The molecule has 0 aliphatic carbocycles. The Morgan fingerprint density at radius 3 is 2.80 bits per heavy atom. The fourth-order valence-electron chi connectivity index (χ4n) is 1.43. The Morgan fingerprint density at radius 1 is 1.40 bits per heavy atom. The van der Waals surface area contributed by atoms with E-state index in [1.807, 2.05) is 19.1 Å². The van der Waals surface area contributed by atoms with Crippen molar-refractivity contribution in [1.82, 2.24) is 0 Å². The fourth-order valence-corrected chi connectivity index (χ4v) is 1.43. The van der Waals surface area contributed by atoms with Gasteiger partial charge in [0.1, 0.15) is 0 Å². The summed E-state index contributed by atoms with van der Waals surface area (Å²) in [5, 5.41) is 0. The van der Waals surface area contributed by atoms with Gasteiger partial charge in [0.25, 0.3) is 6.47 Å². The number of carbonyl (C=O) groups is 1. The molecule has 0 N–H and O–H groups in total. The molecule has 0 amide bonds. The van der Waals surface area contributed by atoms with Gasteiger partial charge in [0.2, 0.25) is 0 Å². The van der Waals surface area contributed by atoms with E-state index in [-0.39, 0.29) is 0 Å². The molecule has 0 saturated carbocycles. The van der Waals surface area contributed by atoms with E-state index in [4.69, 9.17) is 0 Å². The van der Waals surface area contributed by atoms with Gasteiger partial charge in [-0.2, -0.15) is 0 Å². The first-order valence-electron chi connectivity index (χ1n) is 5.03. The lowest BCUT2D eigenvalue weighted by atomic mass is 10.0. The van der Waals surface area contributed by atoms with Crippen molar-refractivity contribution in [3.8, 4) is 0 Å². The van der Waals surface area contributed by atoms with Crippen LogP contribution in [0.4, 0.5) is 0 Å². The van der Waals surface area contributed by atoms with Gasteiger partial charge in [0.15, 0.2) is 0 Å². The van der Waals surface area contributed by atoms with Crippen LogP contribution in [0.1, 0.15) is 24.5 Å². The lowest BCUT2D eigenvalue weighted by Crippen LogP contribution is -1.90. The Balaban J connectivity index is 2.50. The quantitative estimate of drug-likeness (QED) is 0.544. The Labute approximate surface area is 90.6 Å². The van der Waals surface area contributed by atoms with Gasteiger partial charge in [-0.1, -0.05) is 24.3 Å². The van der Waals surface area contributed by atoms with Crippen LogP contribution in [-0.4, -0.2) is 6.47 Å². The first kappa shape index (κ1) is 11.5. The largest absolute Gasteiger partial charge is 0.437 e. The molecule has 0 aliphatic rings. The molecule has 0 atom stereocenters. The lowest BCUT2D eigenvalue weighted by Gasteiger charge is -2.05. The van der Waals surface area contributed by atoms with Crippen molar-refractivity contribution in [2.75, 3.05) is 0 Å². The van der Waals surface area contributed by atoms with Crippen molar-refractivity contribution in [1.29, 1.82) is 0 Å². The van der Waals surface area contributed by atoms with E-state index >= 15 is 0 Å². The van der Waals surface area contributed by atoms with Gasteiger partial charge >= 0.3 is 0 Å². The monoisotopic (exact) mass is 204 g/mol. The first-order valence-corrected chi connectivity index (χ1v) is 5.03. The van der Waals surface area contributed by atoms with Gasteiger partial charge in [-0.15, -0.1) is 0 Å². The van der Waals surface area contributed by atoms with Crippen LogP contribution in [0.2, 0.25) is 0 Å². The third-order valence-corrected chi connectivity index (χ3v) is 2.37. The summed E-state index contributed by atoms with van der Waals surface area (Å²) >= 11 is 0. The summed E-state index contributed by atoms with van der Waals surface area (Å²) < 4.78 is 4.57. The van der Waals surface area contributed by atoms with Crippen LogP contribution >= 0.6 is 0 Å². The summed E-state index contributed by atoms with van der Waals surface area (Å²) in [6.45, 7) is 4.51. The number of ether oxygens (including phenoxy) is 1. The summed E-state index contributed by atoms with van der Waals surface area (Å²) in [4.78, 5) is 9.97. The molecule has 2 nitrogen and oxygen atoms in total. The second-order valence-corrected chi connectivity index (χ2v) is 3.62. The van der Waals surface area contributed by atoms with Crippen LogP contribution in [-0.2, 0) is 16.0 Å². The minimum atomic E-state index is 0.442. The Bertz CT molecular complexity index is 353. The third-order valence-electron chi connectivity index (χ3n) is 2.37. The van der Waals surface area contributed by atoms with Crippen LogP contribution < -0.4 is 0 Å². The topological polar surface area (TPSA) is 26.3 Å². The normalized spacial score (nSPS) is 11.2. The zero-order chi connectivity index (χ0) is 11.1. The van der Waals surface area contributed by atoms with E-state index in [2.05, 4.69) is 23.8 Å². The van der Waals surface area contributed by atoms with Crippen molar-refractivity contribution in [3.05, 3.63) is 47.2 Å². The Morgan fingerprint density at radius 2 is 2.13 bits per heavy atom. The van der Waals surface area contributed by atoms with Gasteiger partial charge in [-0.3, -0.25) is 4.79 Å². The SMILES string of the molecule is C/C(=C\OC=O)CCc1ccccc1C. The standard InChI is InChI=1S/C13H16O2/c1-11(9-15-10-14)7-8-13-6-4-3-5-12(13)2/h3-6,9-10H,7-8H2,1-2H3/b11-9+. The van der Waals surface area contributed by atoms with Crippen LogP contribution in [0.5, 0.6) is 0 Å². The van der Waals surface area contributed by atoms with E-state index < -0.39 is 0 Å². The van der Waals surface area contributed by atoms with Crippen LogP contribution in [0, 0.1) is 6.92 Å². The number of carbonyl (C=O) groups excluding carboxylic acids is 1. The molecule has 0 radical (unpaired) electrons. The van der Waals surface area contributed by atoms with E-state index in [1.165, 1.54) is 17.4 Å². The lowest BCUT2D eigenvalue weighted by molar-refractivity contribution is -0.123. The smallest absolute Gasteiger partial charge is 0.297 e. The molecule has 0 aliphatic heterocycles. The van der Waals surface area contributed by atoms with Gasteiger partial charge in [0.05, 0.1) is 6.26 Å². The minimum Gasteiger partial charge on any atom is -0.437 e. The van der Waals surface area contributed by atoms with Gasteiger partial charge in [-0.05, 0) is 43.4 Å².